The molecule has 0 aliphatic rings. The molecule has 1 N–H and O–H groups in total. The average Bonchev–Trinajstić information content (AvgIpc) is 2.44. The minimum Gasteiger partial charge on any atom is -0.457 e. The van der Waals surface area contributed by atoms with Crippen LogP contribution in [-0.2, 0) is 6.54 Å². The molecule has 0 spiro atoms. The molecule has 2 nitrogen and oxygen atoms in total. The van der Waals surface area contributed by atoms with Gasteiger partial charge in [0.2, 0.25) is 0 Å². The SMILES string of the molecule is CNCc1ccc(Br)cc1Oc1cc(C(C)C)ccc1C. The Morgan fingerprint density at radius 3 is 2.52 bits per heavy atom. The molecule has 0 saturated carbocycles. The lowest BCUT2D eigenvalue weighted by Crippen LogP contribution is -2.06. The van der Waals surface area contributed by atoms with Crippen molar-refractivity contribution in [1.29, 1.82) is 0 Å². The highest BCUT2D eigenvalue weighted by molar-refractivity contribution is 9.10. The fourth-order valence-corrected chi connectivity index (χ4v) is 2.50. The zero-order chi connectivity index (χ0) is 15.4. The summed E-state index contributed by atoms with van der Waals surface area (Å²) in [6, 6.07) is 12.6. The molecular weight excluding hydrogens is 326 g/mol. The van der Waals surface area contributed by atoms with Crippen molar-refractivity contribution in [2.24, 2.45) is 0 Å². The summed E-state index contributed by atoms with van der Waals surface area (Å²) in [5.41, 5.74) is 3.59. The summed E-state index contributed by atoms with van der Waals surface area (Å²) in [6.07, 6.45) is 0. The summed E-state index contributed by atoms with van der Waals surface area (Å²) in [4.78, 5) is 0. The Labute approximate surface area is 135 Å². The molecule has 3 heteroatoms. The van der Waals surface area contributed by atoms with Crippen LogP contribution in [0.3, 0.4) is 0 Å². The Bertz CT molecular complexity index is 623. The van der Waals surface area contributed by atoms with Gasteiger partial charge in [0.1, 0.15) is 11.5 Å². The van der Waals surface area contributed by atoms with E-state index in [0.29, 0.717) is 5.92 Å². The van der Waals surface area contributed by atoms with Gasteiger partial charge in [-0.3, -0.25) is 0 Å². The standard InChI is InChI=1S/C18H22BrNO/c1-12(2)14-6-5-13(3)17(9-14)21-18-10-16(19)8-7-15(18)11-20-4/h5-10,12,20H,11H2,1-4H3. The van der Waals surface area contributed by atoms with Crippen LogP contribution < -0.4 is 10.1 Å². The van der Waals surface area contributed by atoms with Crippen LogP contribution in [0.25, 0.3) is 0 Å². The van der Waals surface area contributed by atoms with Crippen molar-refractivity contribution in [2.75, 3.05) is 7.05 Å². The van der Waals surface area contributed by atoms with Crippen LogP contribution in [0.4, 0.5) is 0 Å². The number of halogens is 1. The maximum Gasteiger partial charge on any atom is 0.133 e. The molecular formula is C18H22BrNO. The minimum atomic E-state index is 0.493. The van der Waals surface area contributed by atoms with E-state index in [1.807, 2.05) is 19.2 Å². The van der Waals surface area contributed by atoms with Gasteiger partial charge in [-0.1, -0.05) is 48.0 Å². The van der Waals surface area contributed by atoms with Crippen molar-refractivity contribution in [3.05, 3.63) is 57.6 Å². The number of aryl methyl sites for hydroxylation is 1. The van der Waals surface area contributed by atoms with Crippen molar-refractivity contribution in [3.63, 3.8) is 0 Å². The van der Waals surface area contributed by atoms with Crippen LogP contribution in [0.1, 0.15) is 36.5 Å². The summed E-state index contributed by atoms with van der Waals surface area (Å²) in [5.74, 6) is 2.31. The number of hydrogen-bond donors (Lipinski definition) is 1. The molecule has 0 atom stereocenters. The van der Waals surface area contributed by atoms with Crippen LogP contribution in [0.5, 0.6) is 11.5 Å². The molecule has 0 heterocycles. The zero-order valence-electron chi connectivity index (χ0n) is 13.0. The normalized spacial score (nSPS) is 11.0. The second-order valence-corrected chi connectivity index (χ2v) is 6.48. The summed E-state index contributed by atoms with van der Waals surface area (Å²) in [7, 11) is 1.94. The van der Waals surface area contributed by atoms with Crippen molar-refractivity contribution < 1.29 is 4.74 Å². The number of rotatable bonds is 5. The lowest BCUT2D eigenvalue weighted by atomic mass is 10.0. The molecule has 0 aromatic heterocycles. The van der Waals surface area contributed by atoms with E-state index in [1.54, 1.807) is 0 Å². The van der Waals surface area contributed by atoms with Crippen molar-refractivity contribution in [2.45, 2.75) is 33.2 Å². The molecule has 2 rings (SSSR count). The highest BCUT2D eigenvalue weighted by atomic mass is 79.9. The van der Waals surface area contributed by atoms with Crippen molar-refractivity contribution in [3.8, 4) is 11.5 Å². The lowest BCUT2D eigenvalue weighted by molar-refractivity contribution is 0.469. The smallest absolute Gasteiger partial charge is 0.133 e. The fourth-order valence-electron chi connectivity index (χ4n) is 2.16. The topological polar surface area (TPSA) is 21.3 Å². The molecule has 2 aromatic carbocycles. The Morgan fingerprint density at radius 1 is 1.10 bits per heavy atom. The third-order valence-electron chi connectivity index (χ3n) is 3.50. The van der Waals surface area contributed by atoms with Gasteiger partial charge in [-0.25, -0.2) is 0 Å². The molecule has 0 radical (unpaired) electrons. The maximum absolute atomic E-state index is 6.19. The second kappa shape index (κ2) is 7.10. The largest absolute Gasteiger partial charge is 0.457 e. The van der Waals surface area contributed by atoms with Gasteiger partial charge in [0, 0.05) is 16.6 Å². The van der Waals surface area contributed by atoms with E-state index in [4.69, 9.17) is 4.74 Å². The van der Waals surface area contributed by atoms with E-state index in [9.17, 15) is 0 Å². The highest BCUT2D eigenvalue weighted by Crippen LogP contribution is 2.32. The minimum absolute atomic E-state index is 0.493. The predicted molar refractivity (Wildman–Crippen MR) is 92.2 cm³/mol. The van der Waals surface area contributed by atoms with Gasteiger partial charge in [-0.15, -0.1) is 0 Å². The Morgan fingerprint density at radius 2 is 1.86 bits per heavy atom. The molecule has 21 heavy (non-hydrogen) atoms. The molecule has 0 aliphatic heterocycles. The molecule has 0 saturated heterocycles. The summed E-state index contributed by atoms with van der Waals surface area (Å²) < 4.78 is 7.22. The third kappa shape index (κ3) is 4.08. The van der Waals surface area contributed by atoms with E-state index in [-0.39, 0.29) is 0 Å². The first kappa shape index (κ1) is 16.1. The van der Waals surface area contributed by atoms with Crippen LogP contribution in [0.15, 0.2) is 40.9 Å². The zero-order valence-corrected chi connectivity index (χ0v) is 14.6. The van der Waals surface area contributed by atoms with Gasteiger partial charge in [0.25, 0.3) is 0 Å². The Kier molecular flexibility index (Phi) is 5.43. The fraction of sp³-hybridized carbons (Fsp3) is 0.333. The van der Waals surface area contributed by atoms with Crippen LogP contribution in [0.2, 0.25) is 0 Å². The van der Waals surface area contributed by atoms with Gasteiger partial charge in [-0.05, 0) is 49.2 Å². The van der Waals surface area contributed by atoms with Gasteiger partial charge < -0.3 is 10.1 Å². The van der Waals surface area contributed by atoms with Gasteiger partial charge in [-0.2, -0.15) is 0 Å². The number of benzene rings is 2. The van der Waals surface area contributed by atoms with Gasteiger partial charge >= 0.3 is 0 Å². The molecule has 0 unspecified atom stereocenters. The van der Waals surface area contributed by atoms with Crippen LogP contribution in [0, 0.1) is 6.92 Å². The monoisotopic (exact) mass is 347 g/mol. The van der Waals surface area contributed by atoms with E-state index in [2.05, 4.69) is 66.3 Å². The van der Waals surface area contributed by atoms with Crippen LogP contribution >= 0.6 is 15.9 Å². The molecule has 112 valence electrons. The molecule has 0 aliphatic carbocycles. The van der Waals surface area contributed by atoms with Crippen LogP contribution in [-0.4, -0.2) is 7.05 Å². The molecule has 2 aromatic rings. The first-order valence-electron chi connectivity index (χ1n) is 7.22. The lowest BCUT2D eigenvalue weighted by Gasteiger charge is -2.15. The molecule has 0 amide bonds. The summed E-state index contributed by atoms with van der Waals surface area (Å²) >= 11 is 3.52. The van der Waals surface area contributed by atoms with E-state index in [0.717, 1.165) is 33.6 Å². The first-order valence-corrected chi connectivity index (χ1v) is 8.02. The number of hydrogen-bond acceptors (Lipinski definition) is 2. The van der Waals surface area contributed by atoms with Gasteiger partial charge in [0.05, 0.1) is 0 Å². The Balaban J connectivity index is 2.37. The average molecular weight is 348 g/mol. The summed E-state index contributed by atoms with van der Waals surface area (Å²) in [5, 5.41) is 3.18. The van der Waals surface area contributed by atoms with E-state index >= 15 is 0 Å². The highest BCUT2D eigenvalue weighted by Gasteiger charge is 2.09. The van der Waals surface area contributed by atoms with E-state index in [1.165, 1.54) is 5.56 Å². The molecule has 0 bridgehead atoms. The maximum atomic E-state index is 6.19. The number of ether oxygens (including phenoxy) is 1. The second-order valence-electron chi connectivity index (χ2n) is 5.56. The first-order chi connectivity index (χ1) is 10.0. The predicted octanol–water partition coefficient (Wildman–Crippen LogP) is 5.39. The van der Waals surface area contributed by atoms with Crippen molar-refractivity contribution in [1.82, 2.24) is 5.32 Å². The third-order valence-corrected chi connectivity index (χ3v) is 3.99. The molecule has 0 fully saturated rings. The van der Waals surface area contributed by atoms with Crippen molar-refractivity contribution >= 4 is 15.9 Å². The quantitative estimate of drug-likeness (QED) is 0.782. The van der Waals surface area contributed by atoms with Gasteiger partial charge in [0.15, 0.2) is 0 Å². The Hall–Kier alpha value is -1.32. The summed E-state index contributed by atoms with van der Waals surface area (Å²) in [6.45, 7) is 7.25. The van der Waals surface area contributed by atoms with E-state index < -0.39 is 0 Å². The number of nitrogens with one attached hydrogen (secondary N) is 1.